The van der Waals surface area contributed by atoms with E-state index in [1.54, 1.807) is 6.92 Å². The number of carboxylic acids is 1. The van der Waals surface area contributed by atoms with Crippen molar-refractivity contribution in [3.63, 3.8) is 0 Å². The third kappa shape index (κ3) is 5.42. The molecule has 26 heavy (non-hydrogen) atoms. The summed E-state index contributed by atoms with van der Waals surface area (Å²) in [5.74, 6) is -1.07. The van der Waals surface area contributed by atoms with Gasteiger partial charge in [0, 0.05) is 18.6 Å². The number of nitrogens with one attached hydrogen (secondary N) is 1. The highest BCUT2D eigenvalue weighted by molar-refractivity contribution is 5.96. The maximum absolute atomic E-state index is 12.4. The van der Waals surface area contributed by atoms with Gasteiger partial charge >= 0.3 is 5.97 Å². The fourth-order valence-electron chi connectivity index (χ4n) is 2.28. The molecule has 1 aromatic carbocycles. The van der Waals surface area contributed by atoms with Crippen molar-refractivity contribution in [3.8, 4) is 11.5 Å². The zero-order valence-electron chi connectivity index (χ0n) is 15.4. The van der Waals surface area contributed by atoms with E-state index in [0.29, 0.717) is 11.7 Å². The van der Waals surface area contributed by atoms with E-state index in [4.69, 9.17) is 9.15 Å². The van der Waals surface area contributed by atoms with Gasteiger partial charge in [-0.25, -0.2) is 9.78 Å². The van der Waals surface area contributed by atoms with Crippen LogP contribution in [-0.2, 0) is 9.53 Å². The first-order valence-corrected chi connectivity index (χ1v) is 8.38. The van der Waals surface area contributed by atoms with E-state index < -0.39 is 17.9 Å². The Labute approximate surface area is 152 Å². The molecule has 7 nitrogen and oxygen atoms in total. The topological polar surface area (TPSA) is 102 Å². The normalized spacial score (nSPS) is 12.6. The summed E-state index contributed by atoms with van der Waals surface area (Å²) in [5, 5.41) is 11.8. The molecule has 7 heteroatoms. The number of oxazole rings is 1. The van der Waals surface area contributed by atoms with Crippen molar-refractivity contribution in [2.24, 2.45) is 0 Å². The Hall–Kier alpha value is -2.67. The van der Waals surface area contributed by atoms with Crippen LogP contribution < -0.4 is 5.32 Å². The summed E-state index contributed by atoms with van der Waals surface area (Å²) in [7, 11) is 0. The van der Waals surface area contributed by atoms with Crippen molar-refractivity contribution in [2.45, 2.75) is 45.8 Å². The molecule has 1 atom stereocenters. The zero-order valence-corrected chi connectivity index (χ0v) is 15.4. The van der Waals surface area contributed by atoms with Crippen LogP contribution >= 0.6 is 0 Å². The van der Waals surface area contributed by atoms with Gasteiger partial charge in [0.25, 0.3) is 5.91 Å². The Morgan fingerprint density at radius 1 is 1.27 bits per heavy atom. The van der Waals surface area contributed by atoms with Crippen LogP contribution in [-0.4, -0.2) is 40.2 Å². The Balaban J connectivity index is 2.07. The number of rotatable bonds is 7. The van der Waals surface area contributed by atoms with E-state index in [9.17, 15) is 14.7 Å². The predicted octanol–water partition coefficient (Wildman–Crippen LogP) is 3.04. The highest BCUT2D eigenvalue weighted by Crippen LogP contribution is 2.21. The van der Waals surface area contributed by atoms with Gasteiger partial charge in [0.15, 0.2) is 5.69 Å². The molecule has 0 bridgehead atoms. The summed E-state index contributed by atoms with van der Waals surface area (Å²) in [6.45, 7) is 7.47. The van der Waals surface area contributed by atoms with Gasteiger partial charge < -0.3 is 19.6 Å². The number of amides is 1. The van der Waals surface area contributed by atoms with Crippen LogP contribution in [0, 0.1) is 6.92 Å². The van der Waals surface area contributed by atoms with Gasteiger partial charge in [-0.15, -0.1) is 0 Å². The fraction of sp³-hybridized carbons (Fsp3) is 0.421. The zero-order chi connectivity index (χ0) is 19.3. The third-order valence-corrected chi connectivity index (χ3v) is 3.58. The molecule has 1 aromatic heterocycles. The molecule has 0 aliphatic carbocycles. The molecule has 0 saturated carbocycles. The van der Waals surface area contributed by atoms with Crippen molar-refractivity contribution in [1.29, 1.82) is 0 Å². The predicted molar refractivity (Wildman–Crippen MR) is 95.9 cm³/mol. The van der Waals surface area contributed by atoms with E-state index in [0.717, 1.165) is 5.56 Å². The fourth-order valence-corrected chi connectivity index (χ4v) is 2.28. The van der Waals surface area contributed by atoms with Crippen LogP contribution in [0.4, 0.5) is 0 Å². The molecule has 140 valence electrons. The molecule has 2 N–H and O–H groups in total. The Bertz CT molecular complexity index is 762. The van der Waals surface area contributed by atoms with E-state index in [1.807, 2.05) is 51.1 Å². The number of hydrogen-bond donors (Lipinski definition) is 2. The Morgan fingerprint density at radius 3 is 2.50 bits per heavy atom. The molecule has 2 rings (SSSR count). The largest absolute Gasteiger partial charge is 0.480 e. The molecule has 0 fully saturated rings. The molecule has 0 aliphatic rings. The molecule has 1 unspecified atom stereocenters. The number of aromatic nitrogens is 1. The average molecular weight is 360 g/mol. The van der Waals surface area contributed by atoms with Gasteiger partial charge in [-0.3, -0.25) is 4.79 Å². The van der Waals surface area contributed by atoms with Crippen LogP contribution in [0.2, 0.25) is 0 Å². The standard InChI is InChI=1S/C19H24N2O5/c1-12-15(21-17(26-12)13-8-6-5-7-9-13)16(22)20-14(18(23)24)10-11-25-19(2,3)4/h5-9,14H,10-11H2,1-4H3,(H,20,22)(H,23,24). The minimum atomic E-state index is -1.12. The van der Waals surface area contributed by atoms with Gasteiger partial charge in [0.1, 0.15) is 11.8 Å². The number of ether oxygens (including phenoxy) is 1. The molecule has 2 aromatic rings. The second-order valence-corrected chi connectivity index (χ2v) is 6.90. The van der Waals surface area contributed by atoms with Gasteiger partial charge in [-0.2, -0.15) is 0 Å². The maximum atomic E-state index is 12.4. The Morgan fingerprint density at radius 2 is 1.92 bits per heavy atom. The van der Waals surface area contributed by atoms with E-state index in [-0.39, 0.29) is 24.3 Å². The summed E-state index contributed by atoms with van der Waals surface area (Å²) in [6, 6.07) is 8.10. The summed E-state index contributed by atoms with van der Waals surface area (Å²) >= 11 is 0. The highest BCUT2D eigenvalue weighted by atomic mass is 16.5. The van der Waals surface area contributed by atoms with E-state index in [2.05, 4.69) is 10.3 Å². The number of aliphatic carboxylic acids is 1. The van der Waals surface area contributed by atoms with Crippen LogP contribution in [0.25, 0.3) is 11.5 Å². The number of aryl methyl sites for hydroxylation is 1. The summed E-state index contributed by atoms with van der Waals surface area (Å²) in [6.07, 6.45) is 0.154. The second-order valence-electron chi connectivity index (χ2n) is 6.90. The molecule has 1 amide bonds. The lowest BCUT2D eigenvalue weighted by Gasteiger charge is -2.21. The Kier molecular flexibility index (Phi) is 6.15. The van der Waals surface area contributed by atoms with E-state index in [1.165, 1.54) is 0 Å². The monoisotopic (exact) mass is 360 g/mol. The van der Waals surface area contributed by atoms with Gasteiger partial charge in [-0.1, -0.05) is 18.2 Å². The maximum Gasteiger partial charge on any atom is 0.326 e. The number of hydrogen-bond acceptors (Lipinski definition) is 5. The number of benzene rings is 1. The van der Waals surface area contributed by atoms with Crippen LogP contribution in [0.1, 0.15) is 43.4 Å². The molecule has 0 aliphatic heterocycles. The summed E-state index contributed by atoms with van der Waals surface area (Å²) in [5.41, 5.74) is 0.440. The quantitative estimate of drug-likeness (QED) is 0.787. The smallest absolute Gasteiger partial charge is 0.326 e. The van der Waals surface area contributed by atoms with Crippen molar-refractivity contribution >= 4 is 11.9 Å². The number of carbonyl (C=O) groups is 2. The first kappa shape index (κ1) is 19.7. The van der Waals surface area contributed by atoms with Gasteiger partial charge in [-0.05, 0) is 39.8 Å². The molecule has 0 radical (unpaired) electrons. The highest BCUT2D eigenvalue weighted by Gasteiger charge is 2.25. The minimum absolute atomic E-state index is 0.0758. The lowest BCUT2D eigenvalue weighted by atomic mass is 10.1. The summed E-state index contributed by atoms with van der Waals surface area (Å²) in [4.78, 5) is 28.1. The average Bonchev–Trinajstić information content (AvgIpc) is 2.95. The second kappa shape index (κ2) is 8.14. The first-order chi connectivity index (χ1) is 12.2. The van der Waals surface area contributed by atoms with Crippen molar-refractivity contribution in [3.05, 3.63) is 41.8 Å². The SMILES string of the molecule is Cc1oc(-c2ccccc2)nc1C(=O)NC(CCOC(C)(C)C)C(=O)O. The lowest BCUT2D eigenvalue weighted by molar-refractivity contribution is -0.140. The van der Waals surface area contributed by atoms with Crippen LogP contribution in [0.3, 0.4) is 0 Å². The summed E-state index contributed by atoms with van der Waals surface area (Å²) < 4.78 is 11.1. The van der Waals surface area contributed by atoms with Gasteiger partial charge in [0.2, 0.25) is 5.89 Å². The van der Waals surface area contributed by atoms with E-state index >= 15 is 0 Å². The van der Waals surface area contributed by atoms with Gasteiger partial charge in [0.05, 0.1) is 5.60 Å². The third-order valence-electron chi connectivity index (χ3n) is 3.58. The lowest BCUT2D eigenvalue weighted by Crippen LogP contribution is -2.42. The molecular weight excluding hydrogens is 336 g/mol. The molecule has 0 saturated heterocycles. The molecular formula is C19H24N2O5. The molecule has 0 spiro atoms. The number of nitrogens with zero attached hydrogens (tertiary/aromatic N) is 1. The van der Waals surface area contributed by atoms with Crippen LogP contribution in [0.5, 0.6) is 0 Å². The van der Waals surface area contributed by atoms with Crippen LogP contribution in [0.15, 0.2) is 34.7 Å². The minimum Gasteiger partial charge on any atom is -0.480 e. The number of carboxylic acid groups (broad SMARTS) is 1. The van der Waals surface area contributed by atoms with Crippen molar-refractivity contribution < 1.29 is 23.8 Å². The first-order valence-electron chi connectivity index (χ1n) is 8.38. The number of carbonyl (C=O) groups excluding carboxylic acids is 1. The molecule has 1 heterocycles. The van der Waals surface area contributed by atoms with Crippen molar-refractivity contribution in [1.82, 2.24) is 10.3 Å². The van der Waals surface area contributed by atoms with Crippen molar-refractivity contribution in [2.75, 3.05) is 6.61 Å².